The van der Waals surface area contributed by atoms with Gasteiger partial charge >= 0.3 is 0 Å². The number of rotatable bonds is 5. The van der Waals surface area contributed by atoms with Crippen LogP contribution in [0.4, 0.5) is 0 Å². The van der Waals surface area contributed by atoms with Crippen molar-refractivity contribution in [3.63, 3.8) is 0 Å². The molecule has 5 heteroatoms. The Balaban J connectivity index is 1.96. The molecule has 0 unspecified atom stereocenters. The van der Waals surface area contributed by atoms with Crippen LogP contribution in [0.1, 0.15) is 19.0 Å². The molecule has 0 aliphatic heterocycles. The Morgan fingerprint density at radius 1 is 1.33 bits per heavy atom. The molecule has 106 valence electrons. The molecule has 2 aromatic heterocycles. The van der Waals surface area contributed by atoms with Crippen LogP contribution in [0.2, 0.25) is 0 Å². The summed E-state index contributed by atoms with van der Waals surface area (Å²) >= 11 is 1.58. The summed E-state index contributed by atoms with van der Waals surface area (Å²) in [5.74, 6) is 0.884. The summed E-state index contributed by atoms with van der Waals surface area (Å²) in [6.07, 6.45) is 3.14. The van der Waals surface area contributed by atoms with Crippen LogP contribution in [0.15, 0.2) is 35.8 Å². The second kappa shape index (κ2) is 5.98. The fourth-order valence-electron chi connectivity index (χ4n) is 2.21. The molecule has 0 bridgehead atoms. The minimum Gasteiger partial charge on any atom is -0.494 e. The van der Waals surface area contributed by atoms with Crippen molar-refractivity contribution in [2.75, 3.05) is 6.61 Å². The predicted octanol–water partition coefficient (Wildman–Crippen LogP) is 3.92. The van der Waals surface area contributed by atoms with Crippen LogP contribution in [-0.4, -0.2) is 16.0 Å². The fraction of sp³-hybridized carbons (Fsp3) is 0.250. The van der Waals surface area contributed by atoms with Crippen LogP contribution in [0.25, 0.3) is 16.2 Å². The van der Waals surface area contributed by atoms with E-state index in [0.29, 0.717) is 6.42 Å². The van der Waals surface area contributed by atoms with Gasteiger partial charge in [0.1, 0.15) is 5.75 Å². The number of aromatic nitrogens is 2. The molecule has 0 spiro atoms. The van der Waals surface area contributed by atoms with Crippen molar-refractivity contribution in [3.05, 3.63) is 41.5 Å². The number of fused-ring (bicyclic) bond motifs is 1. The minimum absolute atomic E-state index is 0.364. The summed E-state index contributed by atoms with van der Waals surface area (Å²) in [7, 11) is 0. The van der Waals surface area contributed by atoms with Crippen molar-refractivity contribution >= 4 is 16.3 Å². The first-order valence-corrected chi connectivity index (χ1v) is 7.75. The van der Waals surface area contributed by atoms with Gasteiger partial charge in [-0.25, -0.2) is 4.98 Å². The average Bonchev–Trinajstić information content (AvgIpc) is 3.09. The molecule has 1 aromatic carbocycles. The fourth-order valence-corrected chi connectivity index (χ4v) is 3.11. The number of hydrogen-bond acceptors (Lipinski definition) is 4. The van der Waals surface area contributed by atoms with E-state index in [1.54, 1.807) is 17.5 Å². The van der Waals surface area contributed by atoms with Crippen LogP contribution in [0, 0.1) is 11.3 Å². The molecule has 21 heavy (non-hydrogen) atoms. The lowest BCUT2D eigenvalue weighted by Gasteiger charge is -2.06. The van der Waals surface area contributed by atoms with E-state index < -0.39 is 0 Å². The van der Waals surface area contributed by atoms with Gasteiger partial charge in [-0.05, 0) is 36.2 Å². The zero-order chi connectivity index (χ0) is 14.7. The quantitative estimate of drug-likeness (QED) is 0.717. The number of ether oxygens (including phenoxy) is 1. The second-order valence-electron chi connectivity index (χ2n) is 4.70. The van der Waals surface area contributed by atoms with E-state index in [0.717, 1.165) is 40.7 Å². The first-order valence-electron chi connectivity index (χ1n) is 6.87. The molecule has 0 N–H and O–H groups in total. The lowest BCUT2D eigenvalue weighted by Crippen LogP contribution is -1.95. The Bertz CT molecular complexity index is 780. The van der Waals surface area contributed by atoms with Crippen molar-refractivity contribution in [1.82, 2.24) is 9.38 Å². The van der Waals surface area contributed by atoms with Crippen molar-refractivity contribution in [3.8, 4) is 23.1 Å². The van der Waals surface area contributed by atoms with Gasteiger partial charge in [0, 0.05) is 5.38 Å². The molecule has 0 radical (unpaired) electrons. The Morgan fingerprint density at radius 2 is 2.14 bits per heavy atom. The van der Waals surface area contributed by atoms with E-state index in [9.17, 15) is 0 Å². The molecule has 3 aromatic rings. The highest BCUT2D eigenvalue weighted by molar-refractivity contribution is 7.15. The molecule has 0 atom stereocenters. The number of hydrogen-bond donors (Lipinski definition) is 0. The predicted molar refractivity (Wildman–Crippen MR) is 83.6 cm³/mol. The Labute approximate surface area is 127 Å². The first-order chi connectivity index (χ1) is 10.3. The molecule has 0 aliphatic carbocycles. The molecule has 0 aliphatic rings. The van der Waals surface area contributed by atoms with Crippen LogP contribution < -0.4 is 4.74 Å². The Hall–Kier alpha value is -2.32. The third-order valence-corrected chi connectivity index (χ3v) is 4.04. The van der Waals surface area contributed by atoms with Gasteiger partial charge in [0.05, 0.1) is 36.7 Å². The Morgan fingerprint density at radius 3 is 2.86 bits per heavy atom. The monoisotopic (exact) mass is 297 g/mol. The van der Waals surface area contributed by atoms with Crippen molar-refractivity contribution < 1.29 is 4.74 Å². The van der Waals surface area contributed by atoms with Gasteiger partial charge in [0.2, 0.25) is 0 Å². The van der Waals surface area contributed by atoms with Crippen molar-refractivity contribution in [1.29, 1.82) is 5.26 Å². The van der Waals surface area contributed by atoms with Crippen LogP contribution in [0.3, 0.4) is 0 Å². The SMILES string of the molecule is CCCOc1ccc(-c2csc3ncc(CC#N)n23)cc1. The summed E-state index contributed by atoms with van der Waals surface area (Å²) in [6.45, 7) is 2.82. The molecular formula is C16H15N3OS. The van der Waals surface area contributed by atoms with Gasteiger partial charge in [-0.15, -0.1) is 11.3 Å². The molecule has 4 nitrogen and oxygen atoms in total. The summed E-state index contributed by atoms with van der Waals surface area (Å²) in [6, 6.07) is 10.2. The second-order valence-corrected chi connectivity index (χ2v) is 5.53. The van der Waals surface area contributed by atoms with E-state index in [2.05, 4.69) is 27.8 Å². The molecule has 0 saturated carbocycles. The van der Waals surface area contributed by atoms with Gasteiger partial charge in [-0.2, -0.15) is 5.26 Å². The van der Waals surface area contributed by atoms with E-state index in [-0.39, 0.29) is 0 Å². The van der Waals surface area contributed by atoms with Gasteiger partial charge in [-0.3, -0.25) is 4.40 Å². The van der Waals surface area contributed by atoms with Crippen molar-refractivity contribution in [2.24, 2.45) is 0 Å². The van der Waals surface area contributed by atoms with E-state index in [1.165, 1.54) is 0 Å². The number of imidazole rings is 1. The molecule has 3 rings (SSSR count). The van der Waals surface area contributed by atoms with Gasteiger partial charge in [0.15, 0.2) is 4.96 Å². The summed E-state index contributed by atoms with van der Waals surface area (Å²) < 4.78 is 7.65. The zero-order valence-electron chi connectivity index (χ0n) is 11.7. The van der Waals surface area contributed by atoms with E-state index in [4.69, 9.17) is 10.00 Å². The normalized spacial score (nSPS) is 10.7. The van der Waals surface area contributed by atoms with Crippen molar-refractivity contribution in [2.45, 2.75) is 19.8 Å². The molecule has 0 amide bonds. The molecule has 2 heterocycles. The van der Waals surface area contributed by atoms with Gasteiger partial charge in [0.25, 0.3) is 0 Å². The smallest absolute Gasteiger partial charge is 0.194 e. The van der Waals surface area contributed by atoms with Gasteiger partial charge < -0.3 is 4.74 Å². The highest BCUT2D eigenvalue weighted by Crippen LogP contribution is 2.28. The largest absolute Gasteiger partial charge is 0.494 e. The lowest BCUT2D eigenvalue weighted by atomic mass is 10.1. The summed E-state index contributed by atoms with van der Waals surface area (Å²) in [5.41, 5.74) is 3.09. The zero-order valence-corrected chi connectivity index (χ0v) is 12.6. The topological polar surface area (TPSA) is 50.3 Å². The third-order valence-electron chi connectivity index (χ3n) is 3.20. The standard InChI is InChI=1S/C16H15N3OS/c1-2-9-20-14-5-3-12(4-6-14)15-11-21-16-18-10-13(7-8-17)19(15)16/h3-6,10-11H,2,7,9H2,1H3. The van der Waals surface area contributed by atoms with E-state index >= 15 is 0 Å². The third kappa shape index (κ3) is 2.63. The summed E-state index contributed by atoms with van der Waals surface area (Å²) in [5, 5.41) is 11.0. The number of thiazole rings is 1. The highest BCUT2D eigenvalue weighted by Gasteiger charge is 2.11. The van der Waals surface area contributed by atoms with Crippen LogP contribution in [0.5, 0.6) is 5.75 Å². The van der Waals surface area contributed by atoms with E-state index in [1.807, 2.05) is 24.3 Å². The summed E-state index contributed by atoms with van der Waals surface area (Å²) in [4.78, 5) is 5.27. The van der Waals surface area contributed by atoms with Crippen LogP contribution >= 0.6 is 11.3 Å². The number of benzene rings is 1. The number of nitrogens with zero attached hydrogens (tertiary/aromatic N) is 3. The van der Waals surface area contributed by atoms with Crippen LogP contribution in [-0.2, 0) is 6.42 Å². The Kier molecular flexibility index (Phi) is 3.89. The molecule has 0 fully saturated rings. The maximum absolute atomic E-state index is 8.91. The number of nitriles is 1. The minimum atomic E-state index is 0.364. The maximum atomic E-state index is 8.91. The average molecular weight is 297 g/mol. The lowest BCUT2D eigenvalue weighted by molar-refractivity contribution is 0.317. The molecule has 0 saturated heterocycles. The molecular weight excluding hydrogens is 282 g/mol. The first kappa shape index (κ1) is 13.7. The van der Waals surface area contributed by atoms with Gasteiger partial charge in [-0.1, -0.05) is 6.92 Å². The highest BCUT2D eigenvalue weighted by atomic mass is 32.1. The maximum Gasteiger partial charge on any atom is 0.194 e.